The van der Waals surface area contributed by atoms with Gasteiger partial charge >= 0.3 is 0 Å². The maximum atomic E-state index is 13.3. The molecule has 31 heavy (non-hydrogen) atoms. The predicted octanol–water partition coefficient (Wildman–Crippen LogP) is 4.83. The molecular weight excluding hydrogens is 386 g/mol. The maximum absolute atomic E-state index is 13.3. The van der Waals surface area contributed by atoms with E-state index in [1.807, 2.05) is 61.5 Å². The van der Waals surface area contributed by atoms with Crippen molar-refractivity contribution in [1.82, 2.24) is 9.55 Å². The van der Waals surface area contributed by atoms with Crippen molar-refractivity contribution in [2.45, 2.75) is 39.5 Å². The van der Waals surface area contributed by atoms with E-state index in [1.54, 1.807) is 10.9 Å². The molecule has 1 aliphatic heterocycles. The van der Waals surface area contributed by atoms with Gasteiger partial charge < -0.3 is 4.74 Å². The molecule has 156 valence electrons. The van der Waals surface area contributed by atoms with Crippen LogP contribution in [0.3, 0.4) is 0 Å². The van der Waals surface area contributed by atoms with Crippen molar-refractivity contribution in [3.8, 4) is 11.6 Å². The Balaban J connectivity index is 1.76. The van der Waals surface area contributed by atoms with E-state index >= 15 is 0 Å². The summed E-state index contributed by atoms with van der Waals surface area (Å²) in [5.41, 5.74) is 4.39. The summed E-state index contributed by atoms with van der Waals surface area (Å²) in [6.45, 7) is 6.20. The van der Waals surface area contributed by atoms with Crippen molar-refractivity contribution >= 4 is 5.78 Å². The Hall–Kier alpha value is -3.47. The number of benzene rings is 2. The molecule has 3 aromatic rings. The van der Waals surface area contributed by atoms with Gasteiger partial charge in [-0.2, -0.15) is 0 Å². The van der Waals surface area contributed by atoms with E-state index in [2.05, 4.69) is 18.8 Å². The lowest BCUT2D eigenvalue weighted by atomic mass is 9.70. The van der Waals surface area contributed by atoms with Gasteiger partial charge in [0.15, 0.2) is 5.78 Å². The lowest BCUT2D eigenvalue weighted by molar-refractivity contribution is -0.118. The highest BCUT2D eigenvalue weighted by Gasteiger charge is 2.43. The molecule has 0 amide bonds. The Morgan fingerprint density at radius 3 is 2.61 bits per heavy atom. The lowest BCUT2D eigenvalue weighted by Crippen LogP contribution is -2.37. The summed E-state index contributed by atoms with van der Waals surface area (Å²) in [6, 6.07) is 17.9. The van der Waals surface area contributed by atoms with E-state index in [0.29, 0.717) is 35.6 Å². The number of nitrogens with one attached hydrogen (secondary N) is 1. The number of hydrogen-bond donors (Lipinski definition) is 1. The molecule has 0 fully saturated rings. The van der Waals surface area contributed by atoms with Crippen LogP contribution in [0.2, 0.25) is 0 Å². The summed E-state index contributed by atoms with van der Waals surface area (Å²) in [5.74, 6) is 0.853. The highest BCUT2D eigenvalue weighted by molar-refractivity contribution is 6.00. The molecule has 1 atom stereocenters. The largest absolute Gasteiger partial charge is 0.442 e. The predicted molar refractivity (Wildman–Crippen MR) is 118 cm³/mol. The van der Waals surface area contributed by atoms with Gasteiger partial charge in [-0.25, -0.2) is 4.98 Å². The highest BCUT2D eigenvalue weighted by atomic mass is 16.5. The van der Waals surface area contributed by atoms with E-state index in [4.69, 9.17) is 10.1 Å². The van der Waals surface area contributed by atoms with Gasteiger partial charge in [-0.1, -0.05) is 56.3 Å². The first-order valence-corrected chi connectivity index (χ1v) is 10.6. The molecule has 1 N–H and O–H groups in total. The maximum Gasteiger partial charge on any atom is 0.228 e. The number of Topliss-reactive ketones (excluding diaryl/α,β-unsaturated/α-hetero) is 1. The molecule has 0 saturated heterocycles. The van der Waals surface area contributed by atoms with Crippen LogP contribution in [-0.4, -0.2) is 15.3 Å². The zero-order valence-corrected chi connectivity index (χ0v) is 18.0. The van der Waals surface area contributed by atoms with Gasteiger partial charge in [-0.15, -0.1) is 0 Å². The van der Waals surface area contributed by atoms with Gasteiger partial charge in [0.25, 0.3) is 0 Å². The Bertz CT molecular complexity index is 1290. The summed E-state index contributed by atoms with van der Waals surface area (Å²) in [4.78, 5) is 17.9. The second-order valence-electron chi connectivity index (χ2n) is 9.24. The number of aromatic nitrogens is 2. The van der Waals surface area contributed by atoms with Crippen molar-refractivity contribution in [2.75, 3.05) is 0 Å². The van der Waals surface area contributed by atoms with Crippen LogP contribution in [0.1, 0.15) is 49.3 Å². The minimum atomic E-state index is -0.360. The molecule has 5 heteroatoms. The number of carbonyl (C=O) groups is 1. The molecule has 1 aromatic heterocycles. The number of aryl methyl sites for hydroxylation is 1. The number of allylic oxidation sites excluding steroid dienone is 2. The molecule has 1 aliphatic carbocycles. The average Bonchev–Trinajstić information content (AvgIpc) is 2.72. The van der Waals surface area contributed by atoms with Crippen molar-refractivity contribution in [2.24, 2.45) is 5.41 Å². The number of fused-ring (bicyclic) bond motifs is 1. The van der Waals surface area contributed by atoms with Crippen LogP contribution in [0.25, 0.3) is 5.69 Å². The van der Waals surface area contributed by atoms with Crippen LogP contribution in [0.15, 0.2) is 72.3 Å². The summed E-state index contributed by atoms with van der Waals surface area (Å²) in [5, 5.41) is 9.07. The zero-order valence-electron chi connectivity index (χ0n) is 18.0. The smallest absolute Gasteiger partial charge is 0.228 e. The van der Waals surface area contributed by atoms with Gasteiger partial charge in [-0.05, 0) is 35.6 Å². The molecule has 2 aromatic carbocycles. The highest BCUT2D eigenvalue weighted by Crippen LogP contribution is 2.48. The number of hydrogen-bond acceptors (Lipinski definition) is 4. The fraction of sp³-hybridized carbons (Fsp3) is 0.269. The van der Waals surface area contributed by atoms with Crippen LogP contribution in [0, 0.1) is 17.7 Å². The molecule has 5 rings (SSSR count). The number of carbonyl (C=O) groups excluding carboxylic acids is 1. The molecule has 0 radical (unpaired) electrons. The van der Waals surface area contributed by atoms with Crippen molar-refractivity contribution in [3.63, 3.8) is 0 Å². The molecule has 0 bridgehead atoms. The van der Waals surface area contributed by atoms with Crippen LogP contribution in [-0.2, 0) is 4.79 Å². The Morgan fingerprint density at radius 2 is 1.87 bits per heavy atom. The Morgan fingerprint density at radius 1 is 1.10 bits per heavy atom. The van der Waals surface area contributed by atoms with Gasteiger partial charge in [0.1, 0.15) is 17.6 Å². The van der Waals surface area contributed by atoms with Gasteiger partial charge in [0.05, 0.1) is 5.56 Å². The van der Waals surface area contributed by atoms with Gasteiger partial charge in [0, 0.05) is 30.0 Å². The molecule has 5 nitrogen and oxygen atoms in total. The van der Waals surface area contributed by atoms with E-state index in [0.717, 1.165) is 16.8 Å². The molecule has 2 aliphatic rings. The molecule has 0 spiro atoms. The van der Waals surface area contributed by atoms with E-state index in [1.165, 1.54) is 0 Å². The van der Waals surface area contributed by atoms with Gasteiger partial charge in [0.2, 0.25) is 5.88 Å². The van der Waals surface area contributed by atoms with Crippen molar-refractivity contribution < 1.29 is 9.53 Å². The van der Waals surface area contributed by atoms with E-state index in [-0.39, 0.29) is 22.6 Å². The standard InChI is InChI=1S/C26H25N3O2/c1-16-8-7-11-18(12-16)29-15-28-25-23(24(29)27)21(17-9-5-4-6-10-17)22-19(30)13-26(2,3)14-20(22)31-25/h4-12,15,21,27H,13-14H2,1-3H3. The fourth-order valence-corrected chi connectivity index (χ4v) is 4.71. The first-order valence-electron chi connectivity index (χ1n) is 10.6. The van der Waals surface area contributed by atoms with Crippen molar-refractivity contribution in [3.05, 3.63) is 94.4 Å². The van der Waals surface area contributed by atoms with E-state index < -0.39 is 0 Å². The second-order valence-corrected chi connectivity index (χ2v) is 9.24. The first-order chi connectivity index (χ1) is 14.8. The lowest BCUT2D eigenvalue weighted by Gasteiger charge is -2.37. The molecule has 0 saturated carbocycles. The number of nitrogens with zero attached hydrogens (tertiary/aromatic N) is 2. The number of ketones is 1. The van der Waals surface area contributed by atoms with Crippen LogP contribution < -0.4 is 10.2 Å². The topological polar surface area (TPSA) is 68.0 Å². The third kappa shape index (κ3) is 3.30. The zero-order chi connectivity index (χ0) is 21.8. The third-order valence-electron chi connectivity index (χ3n) is 6.11. The normalized spacial score (nSPS) is 19.5. The van der Waals surface area contributed by atoms with Crippen LogP contribution in [0.4, 0.5) is 0 Å². The number of ether oxygens (including phenoxy) is 1. The third-order valence-corrected chi connectivity index (χ3v) is 6.11. The average molecular weight is 412 g/mol. The minimum Gasteiger partial charge on any atom is -0.442 e. The van der Waals surface area contributed by atoms with Crippen LogP contribution in [0.5, 0.6) is 5.88 Å². The van der Waals surface area contributed by atoms with Gasteiger partial charge in [-0.3, -0.25) is 14.8 Å². The molecule has 1 unspecified atom stereocenters. The first kappa shape index (κ1) is 19.5. The second kappa shape index (κ2) is 7.05. The monoisotopic (exact) mass is 411 g/mol. The Kier molecular flexibility index (Phi) is 4.43. The minimum absolute atomic E-state index is 0.0936. The molecule has 2 heterocycles. The fourth-order valence-electron chi connectivity index (χ4n) is 4.71. The number of rotatable bonds is 2. The summed E-state index contributed by atoms with van der Waals surface area (Å²) < 4.78 is 7.96. The van der Waals surface area contributed by atoms with Crippen LogP contribution >= 0.6 is 0 Å². The Labute approximate surface area is 181 Å². The summed E-state index contributed by atoms with van der Waals surface area (Å²) in [6.07, 6.45) is 2.79. The molecular formula is C26H25N3O2. The quantitative estimate of drug-likeness (QED) is 0.657. The van der Waals surface area contributed by atoms with Crippen molar-refractivity contribution in [1.29, 1.82) is 5.41 Å². The summed E-state index contributed by atoms with van der Waals surface area (Å²) in [7, 11) is 0. The summed E-state index contributed by atoms with van der Waals surface area (Å²) >= 11 is 0. The SMILES string of the molecule is Cc1cccc(-n2cnc3c(c2=N)C(c2ccccc2)C2=C(CC(C)(C)CC2=O)O3)c1. The van der Waals surface area contributed by atoms with E-state index in [9.17, 15) is 4.79 Å².